The van der Waals surface area contributed by atoms with Gasteiger partial charge in [0.15, 0.2) is 0 Å². The quantitative estimate of drug-likeness (QED) is 0.609. The molecule has 35 heavy (non-hydrogen) atoms. The van der Waals surface area contributed by atoms with E-state index in [2.05, 4.69) is 16.7 Å². The number of fused-ring (bicyclic) bond motifs is 2. The summed E-state index contributed by atoms with van der Waals surface area (Å²) < 4.78 is 10.3. The Morgan fingerprint density at radius 1 is 0.857 bits per heavy atom. The molecule has 3 aliphatic rings. The van der Waals surface area contributed by atoms with Crippen LogP contribution in [0.1, 0.15) is 73.2 Å². The van der Waals surface area contributed by atoms with E-state index in [0.29, 0.717) is 24.2 Å². The number of hydrogen-bond donors (Lipinski definition) is 2. The van der Waals surface area contributed by atoms with Crippen LogP contribution in [0.2, 0.25) is 0 Å². The first-order chi connectivity index (χ1) is 16.7. The van der Waals surface area contributed by atoms with E-state index >= 15 is 0 Å². The van der Waals surface area contributed by atoms with Crippen molar-refractivity contribution in [1.82, 2.24) is 9.80 Å². The number of piperazine rings is 1. The highest BCUT2D eigenvalue weighted by Crippen LogP contribution is 2.31. The lowest BCUT2D eigenvalue weighted by molar-refractivity contribution is 0.0196. The lowest BCUT2D eigenvalue weighted by Crippen LogP contribution is -2.53. The van der Waals surface area contributed by atoms with Gasteiger partial charge in [0.1, 0.15) is 13.2 Å². The summed E-state index contributed by atoms with van der Waals surface area (Å²) >= 11 is 0. The summed E-state index contributed by atoms with van der Waals surface area (Å²) in [5.74, 6) is -0.596. The number of hydrogen-bond acceptors (Lipinski definition) is 8. The molecule has 2 aromatic rings. The molecule has 2 N–H and O–H groups in total. The number of β-amino-alcohol motifs (C(OH)–C–C–N with tert-alkyl or cyclic N) is 2. The van der Waals surface area contributed by atoms with Gasteiger partial charge in [-0.15, -0.1) is 0 Å². The minimum absolute atomic E-state index is 0.206. The number of aliphatic hydroxyl groups is 2. The second-order valence-corrected chi connectivity index (χ2v) is 9.90. The monoisotopic (exact) mass is 480 g/mol. The van der Waals surface area contributed by atoms with Crippen LogP contribution in [0.15, 0.2) is 24.3 Å². The summed E-state index contributed by atoms with van der Waals surface area (Å²) in [6, 6.07) is 7.37. The van der Waals surface area contributed by atoms with Gasteiger partial charge < -0.3 is 19.7 Å². The zero-order chi connectivity index (χ0) is 24.9. The number of carbonyl (C=O) groups excluding carboxylic acids is 2. The third kappa shape index (κ3) is 4.36. The minimum Gasteiger partial charge on any atom is -0.457 e. The fourth-order valence-electron chi connectivity index (χ4n) is 5.63. The molecule has 2 aromatic carbocycles. The zero-order valence-corrected chi connectivity index (χ0v) is 20.4. The van der Waals surface area contributed by atoms with E-state index < -0.39 is 12.2 Å². The van der Waals surface area contributed by atoms with Gasteiger partial charge in [-0.2, -0.15) is 0 Å². The number of benzene rings is 2. The van der Waals surface area contributed by atoms with Crippen LogP contribution in [0.4, 0.5) is 0 Å². The number of cyclic esters (lactones) is 2. The van der Waals surface area contributed by atoms with Crippen LogP contribution in [0.25, 0.3) is 0 Å². The van der Waals surface area contributed by atoms with Crippen molar-refractivity contribution in [1.29, 1.82) is 0 Å². The van der Waals surface area contributed by atoms with E-state index in [-0.39, 0.29) is 31.2 Å². The van der Waals surface area contributed by atoms with Crippen LogP contribution < -0.4 is 0 Å². The first kappa shape index (κ1) is 23.9. The summed E-state index contributed by atoms with van der Waals surface area (Å²) in [7, 11) is 0. The molecule has 5 rings (SSSR count). The standard InChI is InChI=1S/C27H32N2O6/c1-15-10-28(11-24(30)18-4-6-20-22(16(18)2)13-34-26(20)32)8-9-29(15)12-25(31)19-5-7-21-23(17(19)3)14-35-27(21)33/h4-7,15,24-25,30-31H,8-14H2,1-3H3. The highest BCUT2D eigenvalue weighted by Gasteiger charge is 2.31. The number of aliphatic hydroxyl groups excluding tert-OH is 2. The predicted molar refractivity (Wildman–Crippen MR) is 128 cm³/mol. The van der Waals surface area contributed by atoms with Gasteiger partial charge in [-0.1, -0.05) is 12.1 Å². The molecule has 0 aliphatic carbocycles. The molecular formula is C27H32N2O6. The maximum absolute atomic E-state index is 11.8. The SMILES string of the molecule is Cc1c(C(O)CN2CCN(CC(O)c3ccc4c(c3C)COC4=O)C(C)C2)ccc2c1COC2=O. The Balaban J connectivity index is 1.20. The molecular weight excluding hydrogens is 448 g/mol. The number of esters is 2. The molecule has 1 fully saturated rings. The van der Waals surface area contributed by atoms with E-state index in [4.69, 9.17) is 9.47 Å². The summed E-state index contributed by atoms with van der Waals surface area (Å²) in [5, 5.41) is 22.0. The van der Waals surface area contributed by atoms with Crippen molar-refractivity contribution in [2.45, 2.75) is 52.2 Å². The van der Waals surface area contributed by atoms with E-state index in [1.807, 2.05) is 26.0 Å². The molecule has 3 heterocycles. The topological polar surface area (TPSA) is 99.5 Å². The average Bonchev–Trinajstić information content (AvgIpc) is 3.39. The molecule has 0 bridgehead atoms. The normalized spacial score (nSPS) is 21.9. The van der Waals surface area contributed by atoms with Crippen molar-refractivity contribution in [2.75, 3.05) is 32.7 Å². The Labute approximate surface area is 205 Å². The Kier molecular flexibility index (Phi) is 6.40. The average molecular weight is 481 g/mol. The predicted octanol–water partition coefficient (Wildman–Crippen LogP) is 2.42. The molecule has 1 saturated heterocycles. The lowest BCUT2D eigenvalue weighted by atomic mass is 9.94. The molecule has 0 aromatic heterocycles. The van der Waals surface area contributed by atoms with Gasteiger partial charge in [0, 0.05) is 49.9 Å². The maximum Gasteiger partial charge on any atom is 0.338 e. The van der Waals surface area contributed by atoms with Crippen molar-refractivity contribution in [3.8, 4) is 0 Å². The minimum atomic E-state index is -0.658. The first-order valence-electron chi connectivity index (χ1n) is 12.2. The van der Waals surface area contributed by atoms with Gasteiger partial charge in [-0.05, 0) is 55.2 Å². The van der Waals surface area contributed by atoms with Gasteiger partial charge in [0.25, 0.3) is 0 Å². The highest BCUT2D eigenvalue weighted by atomic mass is 16.5. The Hall–Kier alpha value is -2.78. The van der Waals surface area contributed by atoms with Crippen LogP contribution in [0.5, 0.6) is 0 Å². The van der Waals surface area contributed by atoms with Crippen molar-refractivity contribution in [3.63, 3.8) is 0 Å². The molecule has 3 aliphatic heterocycles. The number of carbonyl (C=O) groups is 2. The van der Waals surface area contributed by atoms with Crippen LogP contribution in [-0.4, -0.2) is 70.7 Å². The Bertz CT molecular complexity index is 1180. The van der Waals surface area contributed by atoms with Crippen molar-refractivity contribution < 1.29 is 29.3 Å². The Morgan fingerprint density at radius 3 is 1.89 bits per heavy atom. The summed E-state index contributed by atoms with van der Waals surface area (Å²) in [5.41, 5.74) is 6.45. The summed E-state index contributed by atoms with van der Waals surface area (Å²) in [6.45, 7) is 9.90. The third-order valence-electron chi connectivity index (χ3n) is 7.82. The summed E-state index contributed by atoms with van der Waals surface area (Å²) in [4.78, 5) is 28.1. The van der Waals surface area contributed by atoms with E-state index in [1.165, 1.54) is 0 Å². The lowest BCUT2D eigenvalue weighted by Gasteiger charge is -2.41. The molecule has 3 atom stereocenters. The number of nitrogens with zero attached hydrogens (tertiary/aromatic N) is 2. The first-order valence-corrected chi connectivity index (χ1v) is 12.2. The number of rotatable bonds is 6. The van der Waals surface area contributed by atoms with Crippen molar-refractivity contribution in [3.05, 3.63) is 68.8 Å². The highest BCUT2D eigenvalue weighted by molar-refractivity contribution is 5.94. The molecule has 0 amide bonds. The van der Waals surface area contributed by atoms with Crippen LogP contribution in [0.3, 0.4) is 0 Å². The smallest absolute Gasteiger partial charge is 0.338 e. The van der Waals surface area contributed by atoms with Crippen LogP contribution in [0, 0.1) is 13.8 Å². The van der Waals surface area contributed by atoms with Gasteiger partial charge in [-0.25, -0.2) is 9.59 Å². The maximum atomic E-state index is 11.8. The molecule has 8 heteroatoms. The van der Waals surface area contributed by atoms with Crippen molar-refractivity contribution >= 4 is 11.9 Å². The molecule has 8 nitrogen and oxygen atoms in total. The summed E-state index contributed by atoms with van der Waals surface area (Å²) in [6.07, 6.45) is -1.31. The second kappa shape index (κ2) is 9.35. The van der Waals surface area contributed by atoms with Crippen LogP contribution >= 0.6 is 0 Å². The van der Waals surface area contributed by atoms with Gasteiger partial charge in [-0.3, -0.25) is 9.80 Å². The van der Waals surface area contributed by atoms with E-state index in [0.717, 1.165) is 53.0 Å². The third-order valence-corrected chi connectivity index (χ3v) is 7.82. The molecule has 0 radical (unpaired) electrons. The molecule has 3 unspecified atom stereocenters. The van der Waals surface area contributed by atoms with Gasteiger partial charge in [0.2, 0.25) is 0 Å². The fourth-order valence-corrected chi connectivity index (χ4v) is 5.63. The second-order valence-electron chi connectivity index (χ2n) is 9.90. The number of ether oxygens (including phenoxy) is 2. The van der Waals surface area contributed by atoms with E-state index in [9.17, 15) is 19.8 Å². The molecule has 0 saturated carbocycles. The van der Waals surface area contributed by atoms with Crippen molar-refractivity contribution in [2.24, 2.45) is 0 Å². The van der Waals surface area contributed by atoms with Gasteiger partial charge >= 0.3 is 11.9 Å². The zero-order valence-electron chi connectivity index (χ0n) is 20.4. The molecule has 0 spiro atoms. The van der Waals surface area contributed by atoms with Crippen LogP contribution in [-0.2, 0) is 22.7 Å². The Morgan fingerprint density at radius 2 is 1.37 bits per heavy atom. The largest absolute Gasteiger partial charge is 0.457 e. The van der Waals surface area contributed by atoms with E-state index in [1.54, 1.807) is 12.1 Å². The fraction of sp³-hybridized carbons (Fsp3) is 0.481. The van der Waals surface area contributed by atoms with Gasteiger partial charge in [0.05, 0.1) is 23.3 Å². The molecule has 186 valence electrons.